The molecule has 0 bridgehead atoms. The number of nitro groups is 1. The van der Waals surface area contributed by atoms with E-state index in [0.29, 0.717) is 18.7 Å². The first kappa shape index (κ1) is 16.6. The summed E-state index contributed by atoms with van der Waals surface area (Å²) in [4.78, 5) is 35.1. The summed E-state index contributed by atoms with van der Waals surface area (Å²) in [6.07, 6.45) is -0.0631. The van der Waals surface area contributed by atoms with Crippen LogP contribution in [0, 0.1) is 16.0 Å². The molecule has 0 saturated carbocycles. The third kappa shape index (κ3) is 4.27. The summed E-state index contributed by atoms with van der Waals surface area (Å²) in [6.45, 7) is 4.39. The zero-order valence-electron chi connectivity index (χ0n) is 12.0. The van der Waals surface area contributed by atoms with Crippen LogP contribution >= 0.6 is 0 Å². The van der Waals surface area contributed by atoms with E-state index in [1.807, 2.05) is 0 Å². The molecule has 21 heavy (non-hydrogen) atoms. The summed E-state index contributed by atoms with van der Waals surface area (Å²) < 4.78 is 0. The maximum absolute atomic E-state index is 12.2. The van der Waals surface area contributed by atoms with Crippen molar-refractivity contribution < 1.29 is 19.6 Å². The summed E-state index contributed by atoms with van der Waals surface area (Å²) in [7, 11) is 0. The molecular weight excluding hydrogens is 276 g/mol. The van der Waals surface area contributed by atoms with E-state index >= 15 is 0 Å². The zero-order valence-corrected chi connectivity index (χ0v) is 12.0. The minimum absolute atomic E-state index is 0.0631. The van der Waals surface area contributed by atoms with E-state index in [1.165, 1.54) is 23.1 Å². The molecule has 1 aromatic rings. The van der Waals surface area contributed by atoms with E-state index in [1.54, 1.807) is 19.9 Å². The summed E-state index contributed by atoms with van der Waals surface area (Å²) in [6, 6.07) is 5.68. The van der Waals surface area contributed by atoms with E-state index < -0.39 is 22.7 Å². The first-order chi connectivity index (χ1) is 9.90. The average Bonchev–Trinajstić information content (AvgIpc) is 2.45. The Morgan fingerprint density at radius 1 is 1.33 bits per heavy atom. The largest absolute Gasteiger partial charge is 0.481 e. The molecule has 114 valence electrons. The van der Waals surface area contributed by atoms with Crippen molar-refractivity contribution in [1.29, 1.82) is 0 Å². The van der Waals surface area contributed by atoms with E-state index in [-0.39, 0.29) is 12.1 Å². The van der Waals surface area contributed by atoms with Gasteiger partial charge in [-0.25, -0.2) is 0 Å². The molecule has 1 N–H and O–H groups in total. The van der Waals surface area contributed by atoms with Crippen molar-refractivity contribution in [1.82, 2.24) is 4.90 Å². The topological polar surface area (TPSA) is 101 Å². The lowest BCUT2D eigenvalue weighted by molar-refractivity contribution is -0.384. The Balaban J connectivity index is 2.98. The molecule has 0 aliphatic rings. The number of carbonyl (C=O) groups is 2. The van der Waals surface area contributed by atoms with Gasteiger partial charge in [0, 0.05) is 25.2 Å². The minimum Gasteiger partial charge on any atom is -0.481 e. The van der Waals surface area contributed by atoms with Gasteiger partial charge in [0.15, 0.2) is 0 Å². The molecule has 0 radical (unpaired) electrons. The van der Waals surface area contributed by atoms with Gasteiger partial charge in [0.2, 0.25) is 5.91 Å². The number of non-ortho nitro benzene ring substituents is 1. The van der Waals surface area contributed by atoms with Gasteiger partial charge in [-0.15, -0.1) is 0 Å². The van der Waals surface area contributed by atoms with Crippen LogP contribution in [0.4, 0.5) is 5.69 Å². The summed E-state index contributed by atoms with van der Waals surface area (Å²) in [5.74, 6) is -2.93. The molecule has 0 aliphatic heterocycles. The van der Waals surface area contributed by atoms with E-state index in [0.717, 1.165) is 0 Å². The van der Waals surface area contributed by atoms with E-state index in [2.05, 4.69) is 0 Å². The van der Waals surface area contributed by atoms with Crippen LogP contribution in [-0.2, 0) is 16.0 Å². The van der Waals surface area contributed by atoms with Crippen LogP contribution in [0.2, 0.25) is 0 Å². The standard InChI is InChI=1S/C14H18N2O5/c1-3-15(4-2)13(17)12(14(18)19)9-10-6-5-7-11(8-10)16(20)21/h5-8,12H,3-4,9H2,1-2H3,(H,18,19). The molecule has 1 atom stereocenters. The molecule has 0 aliphatic carbocycles. The quantitative estimate of drug-likeness (QED) is 0.468. The normalized spacial score (nSPS) is 11.7. The number of amides is 1. The number of nitrogens with zero attached hydrogens (tertiary/aromatic N) is 2. The van der Waals surface area contributed by atoms with E-state index in [4.69, 9.17) is 0 Å². The third-order valence-corrected chi connectivity index (χ3v) is 3.23. The highest BCUT2D eigenvalue weighted by atomic mass is 16.6. The van der Waals surface area contributed by atoms with Gasteiger partial charge in [0.05, 0.1) is 4.92 Å². The van der Waals surface area contributed by atoms with Crippen LogP contribution in [0.15, 0.2) is 24.3 Å². The molecule has 7 heteroatoms. The van der Waals surface area contributed by atoms with Crippen LogP contribution in [0.25, 0.3) is 0 Å². The molecule has 7 nitrogen and oxygen atoms in total. The first-order valence-electron chi connectivity index (χ1n) is 6.65. The van der Waals surface area contributed by atoms with Crippen LogP contribution in [0.3, 0.4) is 0 Å². The van der Waals surface area contributed by atoms with Gasteiger partial charge in [-0.2, -0.15) is 0 Å². The van der Waals surface area contributed by atoms with Crippen molar-refractivity contribution in [3.05, 3.63) is 39.9 Å². The van der Waals surface area contributed by atoms with Gasteiger partial charge in [-0.05, 0) is 25.8 Å². The van der Waals surface area contributed by atoms with Gasteiger partial charge in [0.1, 0.15) is 5.92 Å². The Morgan fingerprint density at radius 3 is 2.43 bits per heavy atom. The second-order valence-electron chi connectivity index (χ2n) is 4.53. The van der Waals surface area contributed by atoms with Gasteiger partial charge < -0.3 is 10.0 Å². The Morgan fingerprint density at radius 2 is 1.95 bits per heavy atom. The van der Waals surface area contributed by atoms with Crippen LogP contribution < -0.4 is 0 Å². The molecule has 0 saturated heterocycles. The number of benzene rings is 1. The summed E-state index contributed by atoms with van der Waals surface area (Å²) >= 11 is 0. The van der Waals surface area contributed by atoms with Crippen LogP contribution in [0.5, 0.6) is 0 Å². The number of aliphatic carboxylic acids is 1. The Kier molecular flexibility index (Phi) is 5.83. The number of carboxylic acids is 1. The highest BCUT2D eigenvalue weighted by Gasteiger charge is 2.29. The molecule has 1 amide bonds. The van der Waals surface area contributed by atoms with Crippen molar-refractivity contribution in [2.75, 3.05) is 13.1 Å². The number of carboxylic acid groups (broad SMARTS) is 1. The Bertz CT molecular complexity index is 540. The summed E-state index contributed by atoms with van der Waals surface area (Å²) in [5, 5.41) is 20.0. The number of carbonyl (C=O) groups excluding carboxylic acids is 1. The molecule has 1 rings (SSSR count). The van der Waals surface area contributed by atoms with Gasteiger partial charge in [-0.3, -0.25) is 19.7 Å². The Hall–Kier alpha value is -2.44. The molecule has 1 aromatic carbocycles. The monoisotopic (exact) mass is 294 g/mol. The van der Waals surface area contributed by atoms with Gasteiger partial charge in [0.25, 0.3) is 5.69 Å². The third-order valence-electron chi connectivity index (χ3n) is 3.23. The molecule has 0 aromatic heterocycles. The molecular formula is C14H18N2O5. The fourth-order valence-electron chi connectivity index (χ4n) is 2.07. The zero-order chi connectivity index (χ0) is 16.0. The number of hydrogen-bond donors (Lipinski definition) is 1. The van der Waals surface area contributed by atoms with Crippen molar-refractivity contribution in [2.24, 2.45) is 5.92 Å². The highest BCUT2D eigenvalue weighted by molar-refractivity contribution is 5.97. The number of hydrogen-bond acceptors (Lipinski definition) is 4. The van der Waals surface area contributed by atoms with Crippen molar-refractivity contribution in [3.8, 4) is 0 Å². The lowest BCUT2D eigenvalue weighted by atomic mass is 9.97. The second-order valence-corrected chi connectivity index (χ2v) is 4.53. The smallest absolute Gasteiger partial charge is 0.316 e. The van der Waals surface area contributed by atoms with Crippen LogP contribution in [-0.4, -0.2) is 39.9 Å². The van der Waals surface area contributed by atoms with Crippen molar-refractivity contribution in [3.63, 3.8) is 0 Å². The van der Waals surface area contributed by atoms with Gasteiger partial charge in [-0.1, -0.05) is 12.1 Å². The molecule has 1 unspecified atom stereocenters. The predicted octanol–water partition coefficient (Wildman–Crippen LogP) is 1.71. The fourth-order valence-corrected chi connectivity index (χ4v) is 2.07. The van der Waals surface area contributed by atoms with Gasteiger partial charge >= 0.3 is 5.97 Å². The minimum atomic E-state index is -1.23. The lowest BCUT2D eigenvalue weighted by Gasteiger charge is -2.22. The predicted molar refractivity (Wildman–Crippen MR) is 75.9 cm³/mol. The second kappa shape index (κ2) is 7.37. The van der Waals surface area contributed by atoms with Crippen molar-refractivity contribution >= 4 is 17.6 Å². The molecule has 0 fully saturated rings. The maximum Gasteiger partial charge on any atom is 0.316 e. The number of rotatable bonds is 7. The number of nitro benzene ring substituents is 1. The SMILES string of the molecule is CCN(CC)C(=O)C(Cc1cccc([N+](=O)[O-])c1)C(=O)O. The lowest BCUT2D eigenvalue weighted by Crippen LogP contribution is -2.40. The maximum atomic E-state index is 12.2. The molecule has 0 heterocycles. The highest BCUT2D eigenvalue weighted by Crippen LogP contribution is 2.18. The fraction of sp³-hybridized carbons (Fsp3) is 0.429. The van der Waals surface area contributed by atoms with E-state index in [9.17, 15) is 24.8 Å². The van der Waals surface area contributed by atoms with Crippen molar-refractivity contribution in [2.45, 2.75) is 20.3 Å². The average molecular weight is 294 g/mol. The van der Waals surface area contributed by atoms with Crippen LogP contribution in [0.1, 0.15) is 19.4 Å². The first-order valence-corrected chi connectivity index (χ1v) is 6.65. The summed E-state index contributed by atoms with van der Waals surface area (Å²) in [5.41, 5.74) is 0.337. The molecule has 0 spiro atoms. The Labute approximate surface area is 122 Å².